The van der Waals surface area contributed by atoms with E-state index in [9.17, 15) is 29.1 Å². The van der Waals surface area contributed by atoms with Crippen LogP contribution in [0.15, 0.2) is 91.0 Å². The molecule has 0 saturated heterocycles. The second-order valence-electron chi connectivity index (χ2n) is 13.8. The maximum atomic E-state index is 14.1. The van der Waals surface area contributed by atoms with Gasteiger partial charge >= 0.3 is 12.1 Å². The number of rotatable bonds is 17. The summed E-state index contributed by atoms with van der Waals surface area (Å²) in [6.45, 7) is 8.97. The van der Waals surface area contributed by atoms with Crippen molar-refractivity contribution in [2.24, 2.45) is 11.7 Å². The molecular formula is C39H51N5O7. The van der Waals surface area contributed by atoms with Crippen LogP contribution in [0.25, 0.3) is 0 Å². The lowest BCUT2D eigenvalue weighted by molar-refractivity contribution is -0.142. The number of nitrogens with two attached hydrogens (primary N) is 1. The van der Waals surface area contributed by atoms with Gasteiger partial charge in [-0.05, 0) is 62.6 Å². The summed E-state index contributed by atoms with van der Waals surface area (Å²) in [5.74, 6) is -3.64. The number of aliphatic carboxylic acids is 1. The van der Waals surface area contributed by atoms with Crippen molar-refractivity contribution in [1.29, 1.82) is 0 Å². The molecule has 0 aromatic heterocycles. The van der Waals surface area contributed by atoms with E-state index in [-0.39, 0.29) is 18.9 Å². The molecule has 0 aliphatic rings. The highest BCUT2D eigenvalue weighted by Crippen LogP contribution is 2.37. The average Bonchev–Trinajstić information content (AvgIpc) is 3.09. The van der Waals surface area contributed by atoms with Gasteiger partial charge in [0.15, 0.2) is 0 Å². The zero-order chi connectivity index (χ0) is 37.6. The van der Waals surface area contributed by atoms with E-state index in [0.29, 0.717) is 12.8 Å². The SMILES string of the molecule is CC(C)[C@@H](N)C(=O)N[C@H](CC(=O)NC(c1ccccc1)(c1ccccc1)c1ccccc1)C(=O)N[C@H](CCCCNC(=O)OC(C)(C)C)C(=O)O. The Morgan fingerprint density at radius 1 is 0.725 bits per heavy atom. The molecule has 0 unspecified atom stereocenters. The average molecular weight is 702 g/mol. The van der Waals surface area contributed by atoms with E-state index in [4.69, 9.17) is 10.5 Å². The number of carbonyl (C=O) groups excluding carboxylic acids is 4. The second-order valence-corrected chi connectivity index (χ2v) is 13.8. The fraction of sp³-hybridized carbons (Fsp3) is 0.410. The number of benzene rings is 3. The zero-order valence-corrected chi connectivity index (χ0v) is 30.0. The first-order chi connectivity index (χ1) is 24.1. The van der Waals surface area contributed by atoms with Gasteiger partial charge in [-0.3, -0.25) is 14.4 Å². The third-order valence-corrected chi connectivity index (χ3v) is 8.19. The summed E-state index contributed by atoms with van der Waals surface area (Å²) in [7, 11) is 0. The van der Waals surface area contributed by atoms with Gasteiger partial charge in [-0.25, -0.2) is 9.59 Å². The Kier molecular flexibility index (Phi) is 14.7. The lowest BCUT2D eigenvalue weighted by Gasteiger charge is -2.37. The molecule has 0 bridgehead atoms. The number of alkyl carbamates (subject to hydrolysis) is 1. The molecule has 12 nitrogen and oxygen atoms in total. The lowest BCUT2D eigenvalue weighted by Crippen LogP contribution is -2.57. The van der Waals surface area contributed by atoms with E-state index in [1.165, 1.54) is 0 Å². The molecule has 0 aliphatic carbocycles. The van der Waals surface area contributed by atoms with Crippen molar-refractivity contribution in [1.82, 2.24) is 21.3 Å². The third kappa shape index (κ3) is 12.0. The first-order valence-corrected chi connectivity index (χ1v) is 17.2. The minimum atomic E-state index is -1.45. The van der Waals surface area contributed by atoms with Crippen molar-refractivity contribution in [2.75, 3.05) is 6.54 Å². The van der Waals surface area contributed by atoms with E-state index in [2.05, 4.69) is 21.3 Å². The Morgan fingerprint density at radius 2 is 1.20 bits per heavy atom. The van der Waals surface area contributed by atoms with Gasteiger partial charge in [-0.15, -0.1) is 0 Å². The van der Waals surface area contributed by atoms with Gasteiger partial charge < -0.3 is 36.8 Å². The number of carbonyl (C=O) groups is 5. The molecule has 3 aromatic carbocycles. The minimum Gasteiger partial charge on any atom is -0.480 e. The Balaban J connectivity index is 1.86. The number of carboxylic acids is 1. The fourth-order valence-corrected chi connectivity index (χ4v) is 5.51. The molecule has 51 heavy (non-hydrogen) atoms. The maximum absolute atomic E-state index is 14.1. The molecule has 274 valence electrons. The molecular weight excluding hydrogens is 650 g/mol. The quantitative estimate of drug-likeness (QED) is 0.0891. The van der Waals surface area contributed by atoms with Crippen LogP contribution in [0.2, 0.25) is 0 Å². The van der Waals surface area contributed by atoms with Gasteiger partial charge in [0.2, 0.25) is 17.7 Å². The monoisotopic (exact) mass is 701 g/mol. The van der Waals surface area contributed by atoms with Crippen molar-refractivity contribution in [3.63, 3.8) is 0 Å². The van der Waals surface area contributed by atoms with Crippen LogP contribution in [0.4, 0.5) is 4.79 Å². The molecule has 0 fully saturated rings. The van der Waals surface area contributed by atoms with E-state index in [1.54, 1.807) is 34.6 Å². The summed E-state index contributed by atoms with van der Waals surface area (Å²) in [6, 6.07) is 24.5. The van der Waals surface area contributed by atoms with Crippen LogP contribution < -0.4 is 27.0 Å². The van der Waals surface area contributed by atoms with E-state index < -0.39 is 65.5 Å². The Hall–Kier alpha value is -5.23. The summed E-state index contributed by atoms with van der Waals surface area (Å²) in [6.07, 6.45) is -0.295. The topological polar surface area (TPSA) is 189 Å². The maximum Gasteiger partial charge on any atom is 0.407 e. The van der Waals surface area contributed by atoms with Crippen LogP contribution in [-0.2, 0) is 29.5 Å². The molecule has 0 saturated carbocycles. The Bertz CT molecular complexity index is 1500. The molecule has 4 amide bonds. The predicted octanol–water partition coefficient (Wildman–Crippen LogP) is 4.22. The Morgan fingerprint density at radius 3 is 1.63 bits per heavy atom. The highest BCUT2D eigenvalue weighted by molar-refractivity contribution is 5.95. The first-order valence-electron chi connectivity index (χ1n) is 17.2. The van der Waals surface area contributed by atoms with Crippen LogP contribution in [0.5, 0.6) is 0 Å². The molecule has 7 N–H and O–H groups in total. The minimum absolute atomic E-state index is 0.0363. The standard InChI is InChI=1S/C39H51N5O7/c1-26(2)33(40)35(47)43-31(34(46)42-30(36(48)49)23-15-16-24-41-37(50)51-38(3,4)5)25-32(45)44-39(27-17-9-6-10-18-27,28-19-11-7-12-20-28)29-21-13-8-14-22-29/h6-14,17-22,26,30-31,33H,15-16,23-25,40H2,1-5H3,(H,41,50)(H,42,46)(H,43,47)(H,44,45)(H,48,49)/t30-,31-,33-/m1/s1. The van der Waals surface area contributed by atoms with Crippen molar-refractivity contribution in [3.05, 3.63) is 108 Å². The van der Waals surface area contributed by atoms with Crippen LogP contribution in [0, 0.1) is 5.92 Å². The summed E-state index contributed by atoms with van der Waals surface area (Å²) >= 11 is 0. The highest BCUT2D eigenvalue weighted by atomic mass is 16.6. The van der Waals surface area contributed by atoms with Gasteiger partial charge in [0.25, 0.3) is 0 Å². The molecule has 12 heteroatoms. The fourth-order valence-electron chi connectivity index (χ4n) is 5.51. The smallest absolute Gasteiger partial charge is 0.407 e. The summed E-state index contributed by atoms with van der Waals surface area (Å²) in [5.41, 5.74) is 6.53. The van der Waals surface area contributed by atoms with Gasteiger partial charge in [0.05, 0.1) is 12.5 Å². The molecule has 3 rings (SSSR count). The predicted molar refractivity (Wildman–Crippen MR) is 194 cm³/mol. The first kappa shape index (κ1) is 40.2. The van der Waals surface area contributed by atoms with Crippen LogP contribution in [0.1, 0.15) is 77.0 Å². The number of ether oxygens (including phenoxy) is 1. The van der Waals surface area contributed by atoms with Crippen LogP contribution in [0.3, 0.4) is 0 Å². The number of nitrogens with one attached hydrogen (secondary N) is 4. The van der Waals surface area contributed by atoms with E-state index in [0.717, 1.165) is 16.7 Å². The summed E-state index contributed by atoms with van der Waals surface area (Å²) < 4.78 is 5.21. The second kappa shape index (κ2) is 18.7. The number of hydrogen-bond donors (Lipinski definition) is 6. The zero-order valence-electron chi connectivity index (χ0n) is 30.0. The number of unbranched alkanes of at least 4 members (excludes halogenated alkanes) is 1. The Labute approximate surface area is 299 Å². The molecule has 0 heterocycles. The molecule has 0 aliphatic heterocycles. The van der Waals surface area contributed by atoms with Gasteiger partial charge in [0.1, 0.15) is 23.2 Å². The van der Waals surface area contributed by atoms with Gasteiger partial charge in [-0.2, -0.15) is 0 Å². The van der Waals surface area contributed by atoms with Crippen molar-refractivity contribution >= 4 is 29.8 Å². The number of hydrogen-bond acceptors (Lipinski definition) is 7. The number of carboxylic acid groups (broad SMARTS) is 1. The third-order valence-electron chi connectivity index (χ3n) is 8.19. The van der Waals surface area contributed by atoms with Crippen molar-refractivity contribution < 1.29 is 33.8 Å². The van der Waals surface area contributed by atoms with Crippen LogP contribution in [-0.4, -0.2) is 65.2 Å². The van der Waals surface area contributed by atoms with Gasteiger partial charge in [-0.1, -0.05) is 105 Å². The summed E-state index contributed by atoms with van der Waals surface area (Å²) in [5, 5.41) is 20.8. The summed E-state index contributed by atoms with van der Waals surface area (Å²) in [4.78, 5) is 65.1. The molecule has 3 atom stereocenters. The molecule has 3 aromatic rings. The lowest BCUT2D eigenvalue weighted by atomic mass is 9.77. The van der Waals surface area contributed by atoms with E-state index in [1.807, 2.05) is 91.0 Å². The molecule has 0 radical (unpaired) electrons. The normalized spacial score (nSPS) is 13.3. The highest BCUT2D eigenvalue weighted by Gasteiger charge is 2.39. The van der Waals surface area contributed by atoms with Crippen LogP contribution >= 0.6 is 0 Å². The van der Waals surface area contributed by atoms with Gasteiger partial charge in [0, 0.05) is 6.54 Å². The van der Waals surface area contributed by atoms with Crippen molar-refractivity contribution in [3.8, 4) is 0 Å². The molecule has 0 spiro atoms. The van der Waals surface area contributed by atoms with Crippen molar-refractivity contribution in [2.45, 2.75) is 89.6 Å². The number of amides is 4. The van der Waals surface area contributed by atoms with E-state index >= 15 is 0 Å². The largest absolute Gasteiger partial charge is 0.480 e.